The largest absolute Gasteiger partial charge is 0.368 e. The van der Waals surface area contributed by atoms with Gasteiger partial charge in [-0.3, -0.25) is 9.79 Å². The molecule has 2 N–H and O–H groups in total. The van der Waals surface area contributed by atoms with Crippen LogP contribution in [0.4, 0.5) is 0 Å². The summed E-state index contributed by atoms with van der Waals surface area (Å²) in [7, 11) is 0. The summed E-state index contributed by atoms with van der Waals surface area (Å²) in [6, 6.07) is -0.527. The lowest BCUT2D eigenvalue weighted by Crippen LogP contribution is -2.26. The second kappa shape index (κ2) is 3.18. The lowest BCUT2D eigenvalue weighted by Gasteiger charge is -2.03. The molecule has 5 heteroatoms. The van der Waals surface area contributed by atoms with E-state index in [9.17, 15) is 4.79 Å². The Morgan fingerprint density at radius 1 is 1.62 bits per heavy atom. The van der Waals surface area contributed by atoms with E-state index in [0.717, 1.165) is 10.5 Å². The van der Waals surface area contributed by atoms with Crippen LogP contribution in [0.1, 0.15) is 0 Å². The fourth-order valence-corrected chi connectivity index (χ4v) is 1.81. The van der Waals surface area contributed by atoms with E-state index in [-0.39, 0.29) is 0 Å². The SMILES string of the molecule is NC(=O)C1N=CC2=C1C=CC=NS2. The molecule has 2 rings (SSSR count). The monoisotopic (exact) mass is 193 g/mol. The summed E-state index contributed by atoms with van der Waals surface area (Å²) in [5.74, 6) is -0.423. The molecule has 0 fully saturated rings. The lowest BCUT2D eigenvalue weighted by molar-refractivity contribution is -0.118. The maximum Gasteiger partial charge on any atom is 0.246 e. The van der Waals surface area contributed by atoms with E-state index in [0.29, 0.717) is 0 Å². The summed E-state index contributed by atoms with van der Waals surface area (Å²) >= 11 is 1.31. The molecule has 2 aliphatic heterocycles. The van der Waals surface area contributed by atoms with Gasteiger partial charge in [-0.2, -0.15) is 0 Å². The fraction of sp³-hybridized carbons (Fsp3) is 0.125. The van der Waals surface area contributed by atoms with Crippen LogP contribution in [0.3, 0.4) is 0 Å². The van der Waals surface area contributed by atoms with Gasteiger partial charge in [-0.15, -0.1) is 0 Å². The van der Waals surface area contributed by atoms with Crippen LogP contribution in [-0.2, 0) is 4.79 Å². The molecule has 0 aromatic carbocycles. The summed E-state index contributed by atoms with van der Waals surface area (Å²) in [5.41, 5.74) is 6.03. The van der Waals surface area contributed by atoms with Crippen LogP contribution in [0.15, 0.2) is 32.0 Å². The first kappa shape index (κ1) is 8.25. The highest BCUT2D eigenvalue weighted by atomic mass is 32.2. The molecule has 0 saturated heterocycles. The van der Waals surface area contributed by atoms with Crippen molar-refractivity contribution in [3.63, 3.8) is 0 Å². The van der Waals surface area contributed by atoms with Crippen molar-refractivity contribution in [1.29, 1.82) is 0 Å². The lowest BCUT2D eigenvalue weighted by atomic mass is 10.1. The first-order chi connectivity index (χ1) is 6.29. The Balaban J connectivity index is 2.36. The Kier molecular flexibility index (Phi) is 2.02. The number of allylic oxidation sites excluding steroid dienone is 2. The second-order valence-electron chi connectivity index (χ2n) is 2.61. The predicted octanol–water partition coefficient (Wildman–Crippen LogP) is 0.468. The normalized spacial score (nSPS) is 24.8. The maximum absolute atomic E-state index is 11.0. The highest BCUT2D eigenvalue weighted by Crippen LogP contribution is 2.29. The van der Waals surface area contributed by atoms with Gasteiger partial charge in [0.05, 0.1) is 4.91 Å². The number of rotatable bonds is 1. The summed E-state index contributed by atoms with van der Waals surface area (Å²) in [6.45, 7) is 0. The van der Waals surface area contributed by atoms with Crippen LogP contribution in [-0.4, -0.2) is 24.4 Å². The number of amides is 1. The molecule has 0 saturated carbocycles. The number of aliphatic imine (C=N–C) groups is 1. The van der Waals surface area contributed by atoms with Crippen LogP contribution in [0.5, 0.6) is 0 Å². The van der Waals surface area contributed by atoms with Gasteiger partial charge in [0, 0.05) is 30.0 Å². The van der Waals surface area contributed by atoms with Gasteiger partial charge < -0.3 is 5.73 Å². The Labute approximate surface area is 79.5 Å². The average molecular weight is 193 g/mol. The van der Waals surface area contributed by atoms with E-state index < -0.39 is 11.9 Å². The molecular formula is C8H7N3OS. The average Bonchev–Trinajstić information content (AvgIpc) is 2.36. The Bertz CT molecular complexity index is 368. The summed E-state index contributed by atoms with van der Waals surface area (Å²) in [6.07, 6.45) is 6.92. The Morgan fingerprint density at radius 3 is 3.23 bits per heavy atom. The molecule has 1 amide bonds. The molecule has 0 spiro atoms. The summed E-state index contributed by atoms with van der Waals surface area (Å²) in [4.78, 5) is 15.9. The Hall–Kier alpha value is -1.36. The molecule has 13 heavy (non-hydrogen) atoms. The van der Waals surface area contributed by atoms with E-state index in [1.54, 1.807) is 18.5 Å². The second-order valence-corrected chi connectivity index (χ2v) is 3.44. The van der Waals surface area contributed by atoms with Gasteiger partial charge in [0.1, 0.15) is 0 Å². The highest BCUT2D eigenvalue weighted by Gasteiger charge is 2.25. The standard InChI is InChI=1S/C8H7N3OS/c9-8(12)7-5-2-1-3-11-13-6(5)4-10-7/h1-4,7H,(H2,9,12). The number of nitrogens with zero attached hydrogens (tertiary/aromatic N) is 2. The van der Waals surface area contributed by atoms with Crippen LogP contribution >= 0.6 is 11.9 Å². The predicted molar refractivity (Wildman–Crippen MR) is 53.7 cm³/mol. The van der Waals surface area contributed by atoms with Crippen molar-refractivity contribution in [2.24, 2.45) is 15.1 Å². The number of carbonyl (C=O) groups is 1. The van der Waals surface area contributed by atoms with Crippen molar-refractivity contribution >= 4 is 30.3 Å². The third-order valence-corrected chi connectivity index (χ3v) is 2.53. The molecule has 0 bridgehead atoms. The van der Waals surface area contributed by atoms with E-state index in [2.05, 4.69) is 9.39 Å². The molecule has 0 aliphatic carbocycles. The molecule has 0 radical (unpaired) electrons. The number of hydrogen-bond acceptors (Lipinski definition) is 4. The first-order valence-corrected chi connectivity index (χ1v) is 4.50. The number of nitrogens with two attached hydrogens (primary N) is 1. The molecule has 1 atom stereocenters. The minimum atomic E-state index is -0.527. The van der Waals surface area contributed by atoms with Gasteiger partial charge in [-0.05, 0) is 6.08 Å². The minimum absolute atomic E-state index is 0.423. The number of carbonyl (C=O) groups excluding carboxylic acids is 1. The van der Waals surface area contributed by atoms with E-state index in [1.165, 1.54) is 11.9 Å². The zero-order valence-corrected chi connectivity index (χ0v) is 7.49. The molecule has 2 heterocycles. The molecule has 2 aliphatic rings. The number of primary amides is 1. The van der Waals surface area contributed by atoms with Gasteiger partial charge in [0.15, 0.2) is 6.04 Å². The van der Waals surface area contributed by atoms with Crippen LogP contribution < -0.4 is 5.73 Å². The molecule has 0 aromatic rings. The molecule has 66 valence electrons. The van der Waals surface area contributed by atoms with Crippen LogP contribution in [0.25, 0.3) is 0 Å². The summed E-state index contributed by atoms with van der Waals surface area (Å²) < 4.78 is 4.01. The van der Waals surface area contributed by atoms with Gasteiger partial charge in [-0.1, -0.05) is 6.08 Å². The highest BCUT2D eigenvalue weighted by molar-refractivity contribution is 8.02. The third kappa shape index (κ3) is 1.42. The third-order valence-electron chi connectivity index (χ3n) is 1.76. The minimum Gasteiger partial charge on any atom is -0.368 e. The quantitative estimate of drug-likeness (QED) is 0.615. The fourth-order valence-electron chi connectivity index (χ4n) is 1.18. The van der Waals surface area contributed by atoms with Gasteiger partial charge >= 0.3 is 0 Å². The summed E-state index contributed by atoms with van der Waals surface area (Å²) in [5, 5.41) is 0. The topological polar surface area (TPSA) is 67.8 Å². The van der Waals surface area contributed by atoms with Crippen LogP contribution in [0.2, 0.25) is 0 Å². The van der Waals surface area contributed by atoms with Crippen molar-refractivity contribution in [3.05, 3.63) is 22.6 Å². The molecule has 4 nitrogen and oxygen atoms in total. The first-order valence-electron chi connectivity index (χ1n) is 3.73. The van der Waals surface area contributed by atoms with E-state index in [4.69, 9.17) is 5.73 Å². The van der Waals surface area contributed by atoms with Crippen molar-refractivity contribution in [1.82, 2.24) is 0 Å². The van der Waals surface area contributed by atoms with Gasteiger partial charge in [0.2, 0.25) is 5.91 Å². The number of hydrogen-bond donors (Lipinski definition) is 1. The van der Waals surface area contributed by atoms with Gasteiger partial charge in [-0.25, -0.2) is 4.40 Å². The van der Waals surface area contributed by atoms with Crippen molar-refractivity contribution in [3.8, 4) is 0 Å². The van der Waals surface area contributed by atoms with E-state index in [1.807, 2.05) is 6.08 Å². The Morgan fingerprint density at radius 2 is 2.46 bits per heavy atom. The van der Waals surface area contributed by atoms with Crippen molar-refractivity contribution < 1.29 is 4.79 Å². The molecule has 1 unspecified atom stereocenters. The maximum atomic E-state index is 11.0. The van der Waals surface area contributed by atoms with Gasteiger partial charge in [0.25, 0.3) is 0 Å². The smallest absolute Gasteiger partial charge is 0.246 e. The van der Waals surface area contributed by atoms with Crippen molar-refractivity contribution in [2.45, 2.75) is 6.04 Å². The van der Waals surface area contributed by atoms with E-state index >= 15 is 0 Å². The molecule has 0 aromatic heterocycles. The van der Waals surface area contributed by atoms with Crippen LogP contribution in [0, 0.1) is 0 Å². The zero-order chi connectivity index (χ0) is 9.26. The molecular weight excluding hydrogens is 186 g/mol. The zero-order valence-electron chi connectivity index (χ0n) is 6.68. The van der Waals surface area contributed by atoms with Crippen molar-refractivity contribution in [2.75, 3.05) is 0 Å².